The van der Waals surface area contributed by atoms with Gasteiger partial charge in [0.25, 0.3) is 0 Å². The molecule has 4 heteroatoms. The SMILES string of the molecule is CCC1(C)C(=O)NC2(CCCC2)C(=O)N1C1CCCCC1. The summed E-state index contributed by atoms with van der Waals surface area (Å²) in [6.45, 7) is 3.98. The molecule has 1 atom stereocenters. The molecule has 0 aromatic rings. The highest BCUT2D eigenvalue weighted by molar-refractivity contribution is 6.02. The highest BCUT2D eigenvalue weighted by atomic mass is 16.2. The maximum Gasteiger partial charge on any atom is 0.249 e. The molecule has 2 saturated carbocycles. The van der Waals surface area contributed by atoms with Crippen molar-refractivity contribution >= 4 is 11.8 Å². The van der Waals surface area contributed by atoms with Crippen LogP contribution in [-0.2, 0) is 9.59 Å². The van der Waals surface area contributed by atoms with Crippen LogP contribution in [0, 0.1) is 0 Å². The van der Waals surface area contributed by atoms with Gasteiger partial charge in [0.1, 0.15) is 11.1 Å². The summed E-state index contributed by atoms with van der Waals surface area (Å²) in [7, 11) is 0. The Morgan fingerprint density at radius 2 is 1.71 bits per heavy atom. The van der Waals surface area contributed by atoms with Crippen LogP contribution < -0.4 is 5.32 Å². The molecule has 2 amide bonds. The fourth-order valence-electron chi connectivity index (χ4n) is 4.53. The maximum atomic E-state index is 13.3. The summed E-state index contributed by atoms with van der Waals surface area (Å²) in [5.74, 6) is 0.271. The lowest BCUT2D eigenvalue weighted by molar-refractivity contribution is -0.167. The molecule has 1 N–H and O–H groups in total. The number of carbonyl (C=O) groups is 2. The molecule has 1 spiro atoms. The fourth-order valence-corrected chi connectivity index (χ4v) is 4.53. The van der Waals surface area contributed by atoms with Crippen molar-refractivity contribution in [3.05, 3.63) is 0 Å². The zero-order valence-electron chi connectivity index (χ0n) is 13.4. The van der Waals surface area contributed by atoms with E-state index in [4.69, 9.17) is 0 Å². The summed E-state index contributed by atoms with van der Waals surface area (Å²) in [5, 5.41) is 3.12. The minimum atomic E-state index is -0.660. The Morgan fingerprint density at radius 1 is 1.10 bits per heavy atom. The van der Waals surface area contributed by atoms with Crippen LogP contribution in [0.5, 0.6) is 0 Å². The van der Waals surface area contributed by atoms with E-state index in [1.165, 1.54) is 19.3 Å². The van der Waals surface area contributed by atoms with Gasteiger partial charge in [-0.2, -0.15) is 0 Å². The van der Waals surface area contributed by atoms with Crippen molar-refractivity contribution in [2.24, 2.45) is 0 Å². The van der Waals surface area contributed by atoms with Crippen LogP contribution in [0.4, 0.5) is 0 Å². The number of rotatable bonds is 2. The highest BCUT2D eigenvalue weighted by Gasteiger charge is 2.58. The molecule has 3 rings (SSSR count). The topological polar surface area (TPSA) is 49.4 Å². The van der Waals surface area contributed by atoms with Gasteiger partial charge < -0.3 is 10.2 Å². The summed E-state index contributed by atoms with van der Waals surface area (Å²) in [6.07, 6.45) is 10.2. The normalized spacial score (nSPS) is 33.5. The standard InChI is InChI=1S/C17H28N2O2/c1-3-16(2)14(20)18-17(11-7-8-12-17)15(21)19(16)13-9-5-4-6-10-13/h13H,3-12H2,1-2H3,(H,18,20). The van der Waals surface area contributed by atoms with Crippen LogP contribution in [0.2, 0.25) is 0 Å². The largest absolute Gasteiger partial charge is 0.340 e. The Labute approximate surface area is 127 Å². The number of hydrogen-bond donors (Lipinski definition) is 1. The third-order valence-corrected chi connectivity index (χ3v) is 6.09. The average molecular weight is 292 g/mol. The molecule has 4 nitrogen and oxygen atoms in total. The van der Waals surface area contributed by atoms with Gasteiger partial charge in [-0.25, -0.2) is 0 Å². The molecule has 0 aromatic carbocycles. The molecule has 21 heavy (non-hydrogen) atoms. The molecule has 0 aromatic heterocycles. The molecule has 0 bridgehead atoms. The van der Waals surface area contributed by atoms with E-state index < -0.39 is 11.1 Å². The van der Waals surface area contributed by atoms with Crippen LogP contribution in [0.3, 0.4) is 0 Å². The summed E-state index contributed by atoms with van der Waals surface area (Å²) in [5.41, 5.74) is -1.24. The van der Waals surface area contributed by atoms with Gasteiger partial charge in [-0.1, -0.05) is 39.0 Å². The molecule has 3 aliphatic rings. The molecule has 1 saturated heterocycles. The Morgan fingerprint density at radius 3 is 2.29 bits per heavy atom. The molecular weight excluding hydrogens is 264 g/mol. The summed E-state index contributed by atoms with van der Waals surface area (Å²) in [4.78, 5) is 28.1. The molecular formula is C17H28N2O2. The predicted octanol–water partition coefficient (Wildman–Crippen LogP) is 2.76. The van der Waals surface area contributed by atoms with Crippen LogP contribution in [0.15, 0.2) is 0 Å². The van der Waals surface area contributed by atoms with Gasteiger partial charge in [-0.15, -0.1) is 0 Å². The van der Waals surface area contributed by atoms with E-state index in [-0.39, 0.29) is 17.9 Å². The smallest absolute Gasteiger partial charge is 0.249 e. The van der Waals surface area contributed by atoms with Crippen molar-refractivity contribution in [2.45, 2.75) is 95.2 Å². The van der Waals surface area contributed by atoms with Crippen molar-refractivity contribution in [2.75, 3.05) is 0 Å². The summed E-state index contributed by atoms with van der Waals surface area (Å²) in [6, 6.07) is 0.264. The highest BCUT2D eigenvalue weighted by Crippen LogP contribution is 2.41. The Bertz CT molecular complexity index is 436. The first-order valence-corrected chi connectivity index (χ1v) is 8.70. The van der Waals surface area contributed by atoms with E-state index in [1.807, 2.05) is 18.7 Å². The van der Waals surface area contributed by atoms with Crippen LogP contribution in [-0.4, -0.2) is 33.8 Å². The number of hydrogen-bond acceptors (Lipinski definition) is 2. The van der Waals surface area contributed by atoms with Gasteiger partial charge in [0.15, 0.2) is 0 Å². The molecule has 1 unspecified atom stereocenters. The average Bonchev–Trinajstić information content (AvgIpc) is 2.96. The molecule has 118 valence electrons. The quantitative estimate of drug-likeness (QED) is 0.851. The second-order valence-corrected chi connectivity index (χ2v) is 7.34. The third kappa shape index (κ3) is 2.18. The Hall–Kier alpha value is -1.06. The summed E-state index contributed by atoms with van der Waals surface area (Å²) >= 11 is 0. The minimum Gasteiger partial charge on any atom is -0.340 e. The maximum absolute atomic E-state index is 13.3. The van der Waals surface area contributed by atoms with Gasteiger partial charge in [0.2, 0.25) is 11.8 Å². The van der Waals surface area contributed by atoms with Crippen LogP contribution in [0.1, 0.15) is 78.1 Å². The lowest BCUT2D eigenvalue weighted by Gasteiger charge is -2.53. The predicted molar refractivity (Wildman–Crippen MR) is 81.8 cm³/mol. The second kappa shape index (κ2) is 5.29. The zero-order valence-corrected chi connectivity index (χ0v) is 13.4. The lowest BCUT2D eigenvalue weighted by atomic mass is 9.80. The molecule has 1 heterocycles. The van der Waals surface area contributed by atoms with Gasteiger partial charge >= 0.3 is 0 Å². The second-order valence-electron chi connectivity index (χ2n) is 7.34. The lowest BCUT2D eigenvalue weighted by Crippen LogP contribution is -2.75. The van der Waals surface area contributed by atoms with E-state index in [1.54, 1.807) is 0 Å². The van der Waals surface area contributed by atoms with E-state index in [2.05, 4.69) is 5.32 Å². The van der Waals surface area contributed by atoms with E-state index in [0.29, 0.717) is 6.42 Å². The van der Waals surface area contributed by atoms with Crippen LogP contribution >= 0.6 is 0 Å². The molecule has 1 aliphatic heterocycles. The molecule has 2 aliphatic carbocycles. The Kier molecular flexibility index (Phi) is 3.74. The van der Waals surface area contributed by atoms with Gasteiger partial charge in [-0.3, -0.25) is 9.59 Å². The van der Waals surface area contributed by atoms with E-state index >= 15 is 0 Å². The van der Waals surface area contributed by atoms with Crippen molar-refractivity contribution in [3.8, 4) is 0 Å². The number of amides is 2. The monoisotopic (exact) mass is 292 g/mol. The first-order chi connectivity index (χ1) is 10.0. The molecule has 3 fully saturated rings. The van der Waals surface area contributed by atoms with Crippen molar-refractivity contribution in [1.82, 2.24) is 10.2 Å². The summed E-state index contributed by atoms with van der Waals surface area (Å²) < 4.78 is 0. The first kappa shape index (κ1) is 14.9. The fraction of sp³-hybridized carbons (Fsp3) is 0.882. The zero-order chi connectivity index (χ0) is 15.1. The van der Waals surface area contributed by atoms with Gasteiger partial charge in [-0.05, 0) is 39.0 Å². The number of piperazine rings is 1. The van der Waals surface area contributed by atoms with Crippen molar-refractivity contribution in [1.29, 1.82) is 0 Å². The van der Waals surface area contributed by atoms with Crippen LogP contribution in [0.25, 0.3) is 0 Å². The van der Waals surface area contributed by atoms with E-state index in [0.717, 1.165) is 38.5 Å². The Balaban J connectivity index is 1.96. The minimum absolute atomic E-state index is 0.0667. The number of nitrogens with zero attached hydrogens (tertiary/aromatic N) is 1. The first-order valence-electron chi connectivity index (χ1n) is 8.70. The number of nitrogens with one attached hydrogen (secondary N) is 1. The molecule has 0 radical (unpaired) electrons. The van der Waals surface area contributed by atoms with Crippen molar-refractivity contribution < 1.29 is 9.59 Å². The van der Waals surface area contributed by atoms with Gasteiger partial charge in [0, 0.05) is 6.04 Å². The third-order valence-electron chi connectivity index (χ3n) is 6.09. The van der Waals surface area contributed by atoms with Gasteiger partial charge in [0.05, 0.1) is 0 Å². The van der Waals surface area contributed by atoms with Crippen molar-refractivity contribution in [3.63, 3.8) is 0 Å². The number of carbonyl (C=O) groups excluding carboxylic acids is 2. The van der Waals surface area contributed by atoms with E-state index in [9.17, 15) is 9.59 Å².